The molecule has 2 nitrogen and oxygen atoms in total. The Hall–Kier alpha value is 0.210. The van der Waals surface area contributed by atoms with Crippen molar-refractivity contribution in [3.05, 3.63) is 0 Å². The second-order valence-corrected chi connectivity index (χ2v) is 0.445. The van der Waals surface area contributed by atoms with Crippen LogP contribution in [0, 0.1) is 0 Å². The zero-order valence-corrected chi connectivity index (χ0v) is 2.66. The molecule has 0 spiro atoms. The van der Waals surface area contributed by atoms with Gasteiger partial charge >= 0.3 is 0 Å². The SMILES string of the molecule is [O]OCCl. The first-order valence-corrected chi connectivity index (χ1v) is 1.26. The molecule has 3 heteroatoms. The minimum atomic E-state index is -0.264. The molecule has 0 aromatic carbocycles. The summed E-state index contributed by atoms with van der Waals surface area (Å²) in [6, 6.07) is -0.264. The van der Waals surface area contributed by atoms with Crippen LogP contribution >= 0.6 is 11.6 Å². The van der Waals surface area contributed by atoms with Gasteiger partial charge in [0.1, 0.15) is 0 Å². The van der Waals surface area contributed by atoms with Gasteiger partial charge in [-0.1, -0.05) is 11.6 Å². The van der Waals surface area contributed by atoms with E-state index in [2.05, 4.69) is 16.5 Å². The number of halogens is 1. The fourth-order valence-corrected chi connectivity index (χ4v) is 0. The van der Waals surface area contributed by atoms with Crippen molar-refractivity contribution in [2.75, 3.05) is 6.07 Å². The van der Waals surface area contributed by atoms with Crippen LogP contribution in [0.5, 0.6) is 0 Å². The van der Waals surface area contributed by atoms with Gasteiger partial charge in [-0.15, -0.1) is 0 Å². The summed E-state index contributed by atoms with van der Waals surface area (Å²) in [7, 11) is 0. The van der Waals surface area contributed by atoms with Crippen molar-refractivity contribution >= 4 is 11.6 Å². The summed E-state index contributed by atoms with van der Waals surface area (Å²) in [5.41, 5.74) is 0. The van der Waals surface area contributed by atoms with Crippen LogP contribution < -0.4 is 0 Å². The molecular formula is CH2ClO2. The first-order valence-electron chi connectivity index (χ1n) is 0.723. The fourth-order valence-electron chi connectivity index (χ4n) is 0. The molecule has 0 aliphatic carbocycles. The molecule has 1 radical (unpaired) electrons. The Morgan fingerprint density at radius 3 is 2.25 bits per heavy atom. The molecule has 0 bridgehead atoms. The first kappa shape index (κ1) is 4.21. The summed E-state index contributed by atoms with van der Waals surface area (Å²) in [6.07, 6.45) is 0. The highest BCUT2D eigenvalue weighted by atomic mass is 35.5. The van der Waals surface area contributed by atoms with Crippen molar-refractivity contribution in [1.29, 1.82) is 0 Å². The molecule has 4 heavy (non-hydrogen) atoms. The van der Waals surface area contributed by atoms with E-state index in [0.29, 0.717) is 0 Å². The van der Waals surface area contributed by atoms with Crippen LogP contribution in [0.25, 0.3) is 0 Å². The number of hydrogen-bond donors (Lipinski definition) is 0. The Bertz CT molecular complexity index is 8.00. The summed E-state index contributed by atoms with van der Waals surface area (Å²) in [5.74, 6) is 0. The second kappa shape index (κ2) is 3.21. The lowest BCUT2D eigenvalue weighted by Crippen LogP contribution is -1.67. The maximum absolute atomic E-state index is 8.67. The Kier molecular flexibility index (Phi) is 3.38. The van der Waals surface area contributed by atoms with E-state index in [1.807, 2.05) is 0 Å². The molecule has 0 aromatic heterocycles. The fraction of sp³-hybridized carbons (Fsp3) is 1.00. The van der Waals surface area contributed by atoms with Crippen LogP contribution in [-0.2, 0) is 10.1 Å². The summed E-state index contributed by atoms with van der Waals surface area (Å²) in [4.78, 5) is 3.06. The Balaban J connectivity index is 1.97. The van der Waals surface area contributed by atoms with Crippen LogP contribution in [-0.4, -0.2) is 6.07 Å². The molecule has 0 rings (SSSR count). The summed E-state index contributed by atoms with van der Waals surface area (Å²) < 4.78 is 0. The van der Waals surface area contributed by atoms with Gasteiger partial charge in [-0.2, -0.15) is 4.89 Å². The zero-order chi connectivity index (χ0) is 3.41. The minimum absolute atomic E-state index is 0.264. The lowest BCUT2D eigenvalue weighted by atomic mass is 11.7. The van der Waals surface area contributed by atoms with E-state index in [1.165, 1.54) is 0 Å². The van der Waals surface area contributed by atoms with Gasteiger partial charge in [-0.05, 0) is 5.26 Å². The van der Waals surface area contributed by atoms with Crippen molar-refractivity contribution in [2.45, 2.75) is 0 Å². The smallest absolute Gasteiger partial charge is 0.159 e. The van der Waals surface area contributed by atoms with E-state index in [4.69, 9.17) is 5.26 Å². The van der Waals surface area contributed by atoms with Gasteiger partial charge < -0.3 is 0 Å². The number of alkyl halides is 1. The summed E-state index contributed by atoms with van der Waals surface area (Å²) in [6.45, 7) is 0. The highest BCUT2D eigenvalue weighted by molar-refractivity contribution is 6.16. The van der Waals surface area contributed by atoms with Crippen molar-refractivity contribution in [3.8, 4) is 0 Å². The van der Waals surface area contributed by atoms with Gasteiger partial charge in [0.15, 0.2) is 6.07 Å². The molecule has 0 unspecified atom stereocenters. The Labute approximate surface area is 28.9 Å². The summed E-state index contributed by atoms with van der Waals surface area (Å²) in [5, 5.41) is 8.67. The topological polar surface area (TPSA) is 29.1 Å². The van der Waals surface area contributed by atoms with E-state index in [9.17, 15) is 0 Å². The zero-order valence-electron chi connectivity index (χ0n) is 1.90. The molecule has 0 fully saturated rings. The molecule has 0 amide bonds. The van der Waals surface area contributed by atoms with E-state index in [1.54, 1.807) is 0 Å². The molecule has 0 aromatic rings. The normalized spacial score (nSPS) is 7.50. The Morgan fingerprint density at radius 2 is 2.25 bits per heavy atom. The Morgan fingerprint density at radius 1 is 2.00 bits per heavy atom. The average molecular weight is 81.5 g/mol. The van der Waals surface area contributed by atoms with E-state index < -0.39 is 0 Å². The van der Waals surface area contributed by atoms with Gasteiger partial charge in [0.25, 0.3) is 0 Å². The molecule has 0 aliphatic heterocycles. The van der Waals surface area contributed by atoms with E-state index in [-0.39, 0.29) is 6.07 Å². The van der Waals surface area contributed by atoms with Crippen molar-refractivity contribution < 1.29 is 10.1 Å². The molecule has 0 aliphatic rings. The van der Waals surface area contributed by atoms with Crippen molar-refractivity contribution in [2.24, 2.45) is 0 Å². The molecule has 25 valence electrons. The summed E-state index contributed by atoms with van der Waals surface area (Å²) >= 11 is 4.65. The lowest BCUT2D eigenvalue weighted by molar-refractivity contribution is -0.288. The minimum Gasteiger partial charge on any atom is -0.188 e. The molecule has 0 saturated carbocycles. The van der Waals surface area contributed by atoms with Gasteiger partial charge in [0, 0.05) is 0 Å². The standard InChI is InChI=1S/CH2ClO2/c2-1-4-3/h1H2. The predicted molar refractivity (Wildman–Crippen MR) is 12.5 cm³/mol. The third-order valence-corrected chi connectivity index (χ3v) is 0.134. The molecule has 0 N–H and O–H groups in total. The van der Waals surface area contributed by atoms with Crippen LogP contribution in [0.4, 0.5) is 0 Å². The quantitative estimate of drug-likeness (QED) is 0.257. The van der Waals surface area contributed by atoms with Gasteiger partial charge in [0.05, 0.1) is 0 Å². The molecule has 0 atom stereocenters. The highest BCUT2D eigenvalue weighted by Gasteiger charge is 1.60. The first-order chi connectivity index (χ1) is 1.91. The van der Waals surface area contributed by atoms with Gasteiger partial charge in [-0.3, -0.25) is 0 Å². The highest BCUT2D eigenvalue weighted by Crippen LogP contribution is 1.67. The lowest BCUT2D eigenvalue weighted by Gasteiger charge is -1.66. The van der Waals surface area contributed by atoms with E-state index in [0.717, 1.165) is 0 Å². The molecule has 0 heterocycles. The van der Waals surface area contributed by atoms with Crippen LogP contribution in [0.1, 0.15) is 0 Å². The maximum atomic E-state index is 8.67. The second-order valence-electron chi connectivity index (χ2n) is 0.227. The third-order valence-electron chi connectivity index (χ3n) is 0.0445. The van der Waals surface area contributed by atoms with Crippen LogP contribution in [0.2, 0.25) is 0 Å². The monoisotopic (exact) mass is 81.0 g/mol. The number of hydrogen-bond acceptors (Lipinski definition) is 1. The maximum Gasteiger partial charge on any atom is 0.159 e. The predicted octanol–water partition coefficient (Wildman–Crippen LogP) is 0.545. The van der Waals surface area contributed by atoms with Crippen molar-refractivity contribution in [3.63, 3.8) is 0 Å². The molecule has 0 saturated heterocycles. The average Bonchev–Trinajstić information content (AvgIpc) is 1.37. The van der Waals surface area contributed by atoms with E-state index >= 15 is 0 Å². The van der Waals surface area contributed by atoms with Crippen LogP contribution in [0.15, 0.2) is 0 Å². The van der Waals surface area contributed by atoms with Gasteiger partial charge in [0.2, 0.25) is 0 Å². The molecular weight excluding hydrogens is 79.5 g/mol. The van der Waals surface area contributed by atoms with Gasteiger partial charge in [-0.25, -0.2) is 0 Å². The van der Waals surface area contributed by atoms with Crippen LogP contribution in [0.3, 0.4) is 0 Å². The number of rotatable bonds is 1. The van der Waals surface area contributed by atoms with Crippen molar-refractivity contribution in [1.82, 2.24) is 0 Å². The largest absolute Gasteiger partial charge is 0.188 e. The third kappa shape index (κ3) is 2.21.